The minimum absolute atomic E-state index is 0.149. The molecule has 0 saturated carbocycles. The summed E-state index contributed by atoms with van der Waals surface area (Å²) in [6, 6.07) is 22.7. The Bertz CT molecular complexity index is 1160. The largest absolute Gasteiger partial charge is 0.494 e. The number of methoxy groups -OCH3 is 1. The Morgan fingerprint density at radius 3 is 2.40 bits per heavy atom. The molecule has 0 bridgehead atoms. The lowest BCUT2D eigenvalue weighted by atomic mass is 10.0. The third kappa shape index (κ3) is 4.55. The number of hydrogen-bond acceptors (Lipinski definition) is 4. The maximum Gasteiger partial charge on any atom is 0.230 e. The van der Waals surface area contributed by atoms with Gasteiger partial charge in [-0.1, -0.05) is 54.6 Å². The molecule has 0 aliphatic carbocycles. The van der Waals surface area contributed by atoms with Crippen molar-refractivity contribution in [2.75, 3.05) is 12.4 Å². The zero-order valence-corrected chi connectivity index (χ0v) is 17.1. The number of amides is 1. The second-order valence-electron chi connectivity index (χ2n) is 6.68. The van der Waals surface area contributed by atoms with Crippen molar-refractivity contribution in [1.82, 2.24) is 4.98 Å². The van der Waals surface area contributed by atoms with Crippen LogP contribution in [0.1, 0.15) is 5.56 Å². The highest BCUT2D eigenvalue weighted by Gasteiger charge is 2.11. The number of nitrogens with zero attached hydrogens (tertiary/aromatic N) is 1. The van der Waals surface area contributed by atoms with Gasteiger partial charge in [0.25, 0.3) is 0 Å². The van der Waals surface area contributed by atoms with Gasteiger partial charge in [-0.3, -0.25) is 4.79 Å². The van der Waals surface area contributed by atoms with Gasteiger partial charge in [0.1, 0.15) is 0 Å². The summed E-state index contributed by atoms with van der Waals surface area (Å²) in [7, 11) is 1.42. The van der Waals surface area contributed by atoms with Crippen LogP contribution in [0.2, 0.25) is 0 Å². The summed E-state index contributed by atoms with van der Waals surface area (Å²) in [5.74, 6) is -0.419. The lowest BCUT2D eigenvalue weighted by Gasteiger charge is -2.05. The Morgan fingerprint density at radius 2 is 1.70 bits per heavy atom. The molecule has 0 saturated heterocycles. The standard InChI is InChI=1S/C24H19FN2O2S/c1-29-22-12-11-19(14-20(22)25)21-15-30-24(26-21)27-23(28)13-16-7-9-18(10-8-16)17-5-3-2-4-6-17/h2-12,14-15H,13H2,1H3,(H,26,27,28). The molecule has 1 N–H and O–H groups in total. The molecule has 0 aliphatic rings. The first kappa shape index (κ1) is 19.8. The SMILES string of the molecule is COc1ccc(-c2csc(NC(=O)Cc3ccc(-c4ccccc4)cc3)n2)cc1F. The highest BCUT2D eigenvalue weighted by atomic mass is 32.1. The van der Waals surface area contributed by atoms with Crippen LogP contribution in [0.15, 0.2) is 78.2 Å². The molecule has 0 fully saturated rings. The number of rotatable bonds is 6. The van der Waals surface area contributed by atoms with Crippen molar-refractivity contribution in [3.05, 3.63) is 89.6 Å². The van der Waals surface area contributed by atoms with Crippen molar-refractivity contribution < 1.29 is 13.9 Å². The topological polar surface area (TPSA) is 51.2 Å². The zero-order valence-electron chi connectivity index (χ0n) is 16.3. The number of nitrogens with one attached hydrogen (secondary N) is 1. The Labute approximate surface area is 178 Å². The van der Waals surface area contributed by atoms with Crippen LogP contribution in [0.5, 0.6) is 5.75 Å². The molecule has 0 radical (unpaired) electrons. The average Bonchev–Trinajstić information content (AvgIpc) is 3.23. The predicted octanol–water partition coefficient (Wildman–Crippen LogP) is 5.81. The summed E-state index contributed by atoms with van der Waals surface area (Å²) in [5, 5.41) is 5.08. The number of ether oxygens (including phenoxy) is 1. The van der Waals surface area contributed by atoms with Crippen LogP contribution in [0.3, 0.4) is 0 Å². The van der Waals surface area contributed by atoms with Crippen LogP contribution in [0.4, 0.5) is 9.52 Å². The van der Waals surface area contributed by atoms with Gasteiger partial charge in [0, 0.05) is 10.9 Å². The first-order valence-electron chi connectivity index (χ1n) is 9.36. The van der Waals surface area contributed by atoms with Gasteiger partial charge in [-0.25, -0.2) is 9.37 Å². The molecule has 1 amide bonds. The number of benzene rings is 3. The fourth-order valence-corrected chi connectivity index (χ4v) is 3.82. The van der Waals surface area contributed by atoms with Crippen molar-refractivity contribution >= 4 is 22.4 Å². The molecular weight excluding hydrogens is 399 g/mol. The van der Waals surface area contributed by atoms with E-state index in [1.807, 2.05) is 42.5 Å². The van der Waals surface area contributed by atoms with E-state index in [0.717, 1.165) is 16.7 Å². The van der Waals surface area contributed by atoms with Crippen molar-refractivity contribution in [3.63, 3.8) is 0 Å². The van der Waals surface area contributed by atoms with Crippen LogP contribution < -0.4 is 10.1 Å². The summed E-state index contributed by atoms with van der Waals surface area (Å²) in [4.78, 5) is 16.8. The second-order valence-corrected chi connectivity index (χ2v) is 7.53. The van der Waals surface area contributed by atoms with E-state index >= 15 is 0 Å². The molecule has 1 heterocycles. The minimum Gasteiger partial charge on any atom is -0.494 e. The highest BCUT2D eigenvalue weighted by molar-refractivity contribution is 7.14. The molecular formula is C24H19FN2O2S. The predicted molar refractivity (Wildman–Crippen MR) is 118 cm³/mol. The lowest BCUT2D eigenvalue weighted by molar-refractivity contribution is -0.115. The quantitative estimate of drug-likeness (QED) is 0.430. The van der Waals surface area contributed by atoms with E-state index < -0.39 is 5.82 Å². The fourth-order valence-electron chi connectivity index (χ4n) is 3.08. The second kappa shape index (κ2) is 8.88. The van der Waals surface area contributed by atoms with E-state index in [2.05, 4.69) is 22.4 Å². The number of carbonyl (C=O) groups excluding carboxylic acids is 1. The molecule has 3 aromatic carbocycles. The lowest BCUT2D eigenvalue weighted by Crippen LogP contribution is -2.14. The molecule has 4 aromatic rings. The summed E-state index contributed by atoms with van der Waals surface area (Å²) >= 11 is 1.30. The van der Waals surface area contributed by atoms with Gasteiger partial charge in [-0.05, 0) is 34.9 Å². The smallest absolute Gasteiger partial charge is 0.230 e. The van der Waals surface area contributed by atoms with Crippen LogP contribution in [0.25, 0.3) is 22.4 Å². The van der Waals surface area contributed by atoms with E-state index in [1.165, 1.54) is 24.5 Å². The first-order valence-corrected chi connectivity index (χ1v) is 10.2. The molecule has 6 heteroatoms. The Kier molecular flexibility index (Phi) is 5.86. The molecule has 30 heavy (non-hydrogen) atoms. The highest BCUT2D eigenvalue weighted by Crippen LogP contribution is 2.28. The van der Waals surface area contributed by atoms with Crippen molar-refractivity contribution in [1.29, 1.82) is 0 Å². The molecule has 150 valence electrons. The molecule has 4 nitrogen and oxygen atoms in total. The van der Waals surface area contributed by atoms with E-state index in [0.29, 0.717) is 16.4 Å². The molecule has 1 aromatic heterocycles. The van der Waals surface area contributed by atoms with E-state index in [-0.39, 0.29) is 18.1 Å². The van der Waals surface area contributed by atoms with Crippen molar-refractivity contribution in [2.45, 2.75) is 6.42 Å². The van der Waals surface area contributed by atoms with Gasteiger partial charge in [-0.15, -0.1) is 11.3 Å². The number of anilines is 1. The van der Waals surface area contributed by atoms with Crippen LogP contribution in [-0.4, -0.2) is 18.0 Å². The fraction of sp³-hybridized carbons (Fsp3) is 0.0833. The summed E-state index contributed by atoms with van der Waals surface area (Å²) in [5.41, 5.74) is 4.39. The van der Waals surface area contributed by atoms with Gasteiger partial charge in [0.2, 0.25) is 5.91 Å². The molecule has 0 spiro atoms. The number of halogens is 1. The Balaban J connectivity index is 1.39. The first-order chi connectivity index (χ1) is 14.6. The van der Waals surface area contributed by atoms with Gasteiger partial charge in [0.05, 0.1) is 19.2 Å². The Hall–Kier alpha value is -3.51. The number of thiazole rings is 1. The number of hydrogen-bond donors (Lipinski definition) is 1. The summed E-state index contributed by atoms with van der Waals surface area (Å²) in [6.07, 6.45) is 0.251. The third-order valence-electron chi connectivity index (χ3n) is 4.62. The maximum atomic E-state index is 13.9. The van der Waals surface area contributed by atoms with Gasteiger partial charge >= 0.3 is 0 Å². The normalized spacial score (nSPS) is 10.6. The number of carbonyl (C=O) groups is 1. The van der Waals surface area contributed by atoms with Crippen LogP contribution in [-0.2, 0) is 11.2 Å². The van der Waals surface area contributed by atoms with E-state index in [1.54, 1.807) is 17.5 Å². The van der Waals surface area contributed by atoms with Gasteiger partial charge < -0.3 is 10.1 Å². The van der Waals surface area contributed by atoms with Crippen molar-refractivity contribution in [3.8, 4) is 28.1 Å². The summed E-state index contributed by atoms with van der Waals surface area (Å²) in [6.45, 7) is 0. The van der Waals surface area contributed by atoms with E-state index in [9.17, 15) is 9.18 Å². The summed E-state index contributed by atoms with van der Waals surface area (Å²) < 4.78 is 18.8. The minimum atomic E-state index is -0.451. The van der Waals surface area contributed by atoms with Crippen LogP contribution in [0, 0.1) is 5.82 Å². The number of aromatic nitrogens is 1. The molecule has 0 atom stereocenters. The maximum absolute atomic E-state index is 13.9. The Morgan fingerprint density at radius 1 is 1.00 bits per heavy atom. The van der Waals surface area contributed by atoms with Gasteiger partial charge in [-0.2, -0.15) is 0 Å². The molecule has 0 aliphatic heterocycles. The molecule has 0 unspecified atom stereocenters. The molecule has 4 rings (SSSR count). The van der Waals surface area contributed by atoms with Gasteiger partial charge in [0.15, 0.2) is 16.7 Å². The third-order valence-corrected chi connectivity index (χ3v) is 5.38. The monoisotopic (exact) mass is 418 g/mol. The zero-order chi connectivity index (χ0) is 20.9. The van der Waals surface area contributed by atoms with E-state index in [4.69, 9.17) is 4.74 Å². The average molecular weight is 418 g/mol. The van der Waals surface area contributed by atoms with Crippen molar-refractivity contribution in [2.24, 2.45) is 0 Å². The van der Waals surface area contributed by atoms with Crippen LogP contribution >= 0.6 is 11.3 Å².